The monoisotopic (exact) mass is 262 g/mol. The maximum Gasteiger partial charge on any atom is 0.167 e. The molecule has 0 saturated heterocycles. The largest absolute Gasteiger partial charge is 0.204 e. The third-order valence-electron chi connectivity index (χ3n) is 1.77. The molecule has 0 N–H and O–H groups in total. The molecule has 0 aliphatic rings. The fraction of sp³-hybridized carbons (Fsp3) is 0.111. The van der Waals surface area contributed by atoms with Crippen molar-refractivity contribution in [2.45, 2.75) is 6.92 Å². The topological polar surface area (TPSA) is 0 Å². The van der Waals surface area contributed by atoms with Crippen molar-refractivity contribution in [2.75, 3.05) is 0 Å². The molecule has 0 saturated carbocycles. The third kappa shape index (κ3) is 1.38. The summed E-state index contributed by atoms with van der Waals surface area (Å²) in [7, 11) is 0. The number of hydrogen-bond donors (Lipinski definition) is 0. The number of thiophene rings is 1. The van der Waals surface area contributed by atoms with E-state index >= 15 is 0 Å². The van der Waals surface area contributed by atoms with Gasteiger partial charge in [0.1, 0.15) is 0 Å². The van der Waals surface area contributed by atoms with E-state index in [-0.39, 0.29) is 0 Å². The molecular formula is C9H5BrF2S. The summed E-state index contributed by atoms with van der Waals surface area (Å²) in [5.41, 5.74) is 0. The van der Waals surface area contributed by atoms with Crippen LogP contribution in [0.3, 0.4) is 0 Å². The Morgan fingerprint density at radius 1 is 1.31 bits per heavy atom. The van der Waals surface area contributed by atoms with E-state index in [2.05, 4.69) is 15.9 Å². The van der Waals surface area contributed by atoms with Crippen molar-refractivity contribution in [3.63, 3.8) is 0 Å². The summed E-state index contributed by atoms with van der Waals surface area (Å²) >= 11 is 4.65. The first-order chi connectivity index (χ1) is 6.09. The predicted molar refractivity (Wildman–Crippen MR) is 54.2 cm³/mol. The first-order valence-corrected chi connectivity index (χ1v) is 5.24. The maximum atomic E-state index is 13.2. The molecule has 0 fully saturated rings. The van der Waals surface area contributed by atoms with Crippen LogP contribution in [0.5, 0.6) is 0 Å². The van der Waals surface area contributed by atoms with Crippen molar-refractivity contribution in [3.8, 4) is 0 Å². The van der Waals surface area contributed by atoms with E-state index in [1.165, 1.54) is 11.3 Å². The molecule has 1 aromatic carbocycles. The van der Waals surface area contributed by atoms with Crippen molar-refractivity contribution >= 4 is 37.4 Å². The van der Waals surface area contributed by atoms with Crippen molar-refractivity contribution in [3.05, 3.63) is 33.1 Å². The van der Waals surface area contributed by atoms with Crippen molar-refractivity contribution < 1.29 is 8.78 Å². The van der Waals surface area contributed by atoms with Gasteiger partial charge in [0, 0.05) is 14.7 Å². The molecule has 68 valence electrons. The molecule has 0 radical (unpaired) electrons. The zero-order valence-corrected chi connectivity index (χ0v) is 9.10. The summed E-state index contributed by atoms with van der Waals surface area (Å²) in [5.74, 6) is -1.57. The highest BCUT2D eigenvalue weighted by Gasteiger charge is 2.12. The molecule has 2 rings (SSSR count). The van der Waals surface area contributed by atoms with Gasteiger partial charge >= 0.3 is 0 Å². The molecule has 0 bridgehead atoms. The van der Waals surface area contributed by atoms with Gasteiger partial charge in [0.05, 0.1) is 4.70 Å². The molecule has 2 aromatic rings. The summed E-state index contributed by atoms with van der Waals surface area (Å²) in [6, 6.07) is 2.82. The average molecular weight is 263 g/mol. The van der Waals surface area contributed by atoms with Crippen LogP contribution in [0.4, 0.5) is 8.78 Å². The summed E-state index contributed by atoms with van der Waals surface area (Å²) in [6.07, 6.45) is 0. The van der Waals surface area contributed by atoms with Gasteiger partial charge in [0.2, 0.25) is 0 Å². The number of fused-ring (bicyclic) bond motifs is 1. The van der Waals surface area contributed by atoms with Crippen molar-refractivity contribution in [1.82, 2.24) is 0 Å². The lowest BCUT2D eigenvalue weighted by Gasteiger charge is -1.96. The lowest BCUT2D eigenvalue weighted by molar-refractivity contribution is 0.516. The Morgan fingerprint density at radius 3 is 2.69 bits per heavy atom. The van der Waals surface area contributed by atoms with Crippen LogP contribution in [-0.2, 0) is 0 Å². The second-order valence-electron chi connectivity index (χ2n) is 2.75. The van der Waals surface area contributed by atoms with E-state index in [0.29, 0.717) is 9.86 Å². The lowest BCUT2D eigenvalue weighted by atomic mass is 10.2. The van der Waals surface area contributed by atoms with Crippen molar-refractivity contribution in [1.29, 1.82) is 0 Å². The minimum Gasteiger partial charge on any atom is -0.204 e. The average Bonchev–Trinajstić information content (AvgIpc) is 2.44. The van der Waals surface area contributed by atoms with Gasteiger partial charge in [0.25, 0.3) is 0 Å². The van der Waals surface area contributed by atoms with Gasteiger partial charge in [-0.05, 0) is 35.0 Å². The van der Waals surface area contributed by atoms with E-state index in [1.54, 1.807) is 6.07 Å². The lowest BCUT2D eigenvalue weighted by Crippen LogP contribution is -1.83. The van der Waals surface area contributed by atoms with Gasteiger partial charge in [-0.2, -0.15) is 0 Å². The first-order valence-electron chi connectivity index (χ1n) is 3.63. The summed E-state index contributed by atoms with van der Waals surface area (Å²) < 4.78 is 27.5. The van der Waals surface area contributed by atoms with E-state index in [4.69, 9.17) is 0 Å². The molecule has 0 aliphatic heterocycles. The quantitative estimate of drug-likeness (QED) is 0.623. The number of rotatable bonds is 0. The fourth-order valence-corrected chi connectivity index (χ4v) is 2.79. The van der Waals surface area contributed by atoms with Crippen LogP contribution in [0.1, 0.15) is 4.88 Å². The Kier molecular flexibility index (Phi) is 2.12. The van der Waals surface area contributed by atoms with Crippen LogP contribution in [-0.4, -0.2) is 0 Å². The second kappa shape index (κ2) is 3.03. The molecule has 0 nitrogen and oxygen atoms in total. The molecule has 0 spiro atoms. The van der Waals surface area contributed by atoms with Gasteiger partial charge in [-0.15, -0.1) is 11.3 Å². The Bertz CT molecular complexity index is 476. The van der Waals surface area contributed by atoms with Gasteiger partial charge in [-0.3, -0.25) is 0 Å². The van der Waals surface area contributed by atoms with Crippen molar-refractivity contribution in [2.24, 2.45) is 0 Å². The number of benzene rings is 1. The predicted octanol–water partition coefficient (Wildman–Crippen LogP) is 4.25. The van der Waals surface area contributed by atoms with Gasteiger partial charge in [0.15, 0.2) is 11.6 Å². The fourth-order valence-electron chi connectivity index (χ4n) is 1.22. The van der Waals surface area contributed by atoms with Gasteiger partial charge < -0.3 is 0 Å². The second-order valence-corrected chi connectivity index (χ2v) is 4.86. The van der Waals surface area contributed by atoms with E-state index in [9.17, 15) is 8.78 Å². The summed E-state index contributed by atoms with van der Waals surface area (Å²) in [4.78, 5) is 0.972. The number of hydrogen-bond acceptors (Lipinski definition) is 1. The summed E-state index contributed by atoms with van der Waals surface area (Å²) in [5, 5.41) is 0.356. The Morgan fingerprint density at radius 2 is 2.00 bits per heavy atom. The van der Waals surface area contributed by atoms with Gasteiger partial charge in [-0.25, -0.2) is 8.78 Å². The highest BCUT2D eigenvalue weighted by molar-refractivity contribution is 9.10. The Hall–Kier alpha value is -0.480. The minimum absolute atomic E-state index is 0.356. The zero-order valence-electron chi connectivity index (χ0n) is 6.70. The molecule has 0 unspecified atom stereocenters. The molecule has 0 aliphatic carbocycles. The zero-order chi connectivity index (χ0) is 9.59. The van der Waals surface area contributed by atoms with E-state index < -0.39 is 11.6 Å². The molecule has 1 aromatic heterocycles. The standard InChI is InChI=1S/C9H5BrF2S/c1-4-2-5-8(12)7(11)3-6(10)9(5)13-4/h2-3H,1H3. The van der Waals surface area contributed by atoms with Crippen LogP contribution in [0.15, 0.2) is 16.6 Å². The molecule has 0 atom stereocenters. The third-order valence-corrected chi connectivity index (χ3v) is 3.74. The molecule has 0 amide bonds. The molecule has 1 heterocycles. The normalized spacial score (nSPS) is 11.1. The highest BCUT2D eigenvalue weighted by atomic mass is 79.9. The maximum absolute atomic E-state index is 13.2. The van der Waals surface area contributed by atoms with Crippen LogP contribution in [0, 0.1) is 18.6 Å². The minimum atomic E-state index is -0.808. The first kappa shape index (κ1) is 9.09. The summed E-state index contributed by atoms with van der Waals surface area (Å²) in [6.45, 7) is 1.87. The van der Waals surface area contributed by atoms with E-state index in [1.807, 2.05) is 6.92 Å². The van der Waals surface area contributed by atoms with E-state index in [0.717, 1.165) is 15.6 Å². The van der Waals surface area contributed by atoms with Crippen LogP contribution in [0.2, 0.25) is 0 Å². The number of halogens is 3. The molecular weight excluding hydrogens is 258 g/mol. The Balaban J connectivity index is 2.95. The molecule has 4 heteroatoms. The van der Waals surface area contributed by atoms with Crippen LogP contribution < -0.4 is 0 Å². The van der Waals surface area contributed by atoms with Crippen LogP contribution in [0.25, 0.3) is 10.1 Å². The number of aryl methyl sites for hydroxylation is 1. The SMILES string of the molecule is Cc1cc2c(F)c(F)cc(Br)c2s1. The van der Waals surface area contributed by atoms with Gasteiger partial charge in [-0.1, -0.05) is 0 Å². The smallest absolute Gasteiger partial charge is 0.167 e. The Labute approximate surface area is 86.3 Å². The molecule has 13 heavy (non-hydrogen) atoms. The highest BCUT2D eigenvalue weighted by Crippen LogP contribution is 2.34. The van der Waals surface area contributed by atoms with Crippen LogP contribution >= 0.6 is 27.3 Å².